The van der Waals surface area contributed by atoms with E-state index in [1.165, 1.54) is 11.1 Å². The molecule has 1 saturated heterocycles. The second-order valence-electron chi connectivity index (χ2n) is 6.66. The summed E-state index contributed by atoms with van der Waals surface area (Å²) < 4.78 is 2.51. The molecule has 146 valence electrons. The molecule has 0 bridgehead atoms. The van der Waals surface area contributed by atoms with Crippen molar-refractivity contribution in [3.63, 3.8) is 0 Å². The maximum atomic E-state index is 11.9. The number of carbonyl (C=O) groups is 2. The van der Waals surface area contributed by atoms with Gasteiger partial charge in [0.05, 0.1) is 18.0 Å². The van der Waals surface area contributed by atoms with Crippen molar-refractivity contribution in [3.05, 3.63) is 40.5 Å². The molecular formula is C18H19BrN6O3. The Morgan fingerprint density at radius 3 is 2.50 bits per heavy atom. The molecule has 1 fully saturated rings. The van der Waals surface area contributed by atoms with Gasteiger partial charge in [0.15, 0.2) is 5.82 Å². The summed E-state index contributed by atoms with van der Waals surface area (Å²) in [6.45, 7) is 0.580. The minimum atomic E-state index is -0.985. The van der Waals surface area contributed by atoms with Crippen LogP contribution < -0.4 is 11.1 Å². The van der Waals surface area contributed by atoms with Crippen LogP contribution in [0.15, 0.2) is 34.9 Å². The molecule has 2 amide bonds. The van der Waals surface area contributed by atoms with Crippen molar-refractivity contribution in [1.29, 1.82) is 5.26 Å². The van der Waals surface area contributed by atoms with E-state index in [1.807, 2.05) is 24.3 Å². The van der Waals surface area contributed by atoms with Gasteiger partial charge < -0.3 is 21.1 Å². The van der Waals surface area contributed by atoms with Crippen LogP contribution in [-0.4, -0.2) is 44.9 Å². The van der Waals surface area contributed by atoms with E-state index in [2.05, 4.69) is 32.4 Å². The van der Waals surface area contributed by atoms with Crippen LogP contribution in [0.2, 0.25) is 0 Å². The molecular weight excluding hydrogens is 428 g/mol. The van der Waals surface area contributed by atoms with Gasteiger partial charge in [0.2, 0.25) is 0 Å². The minimum absolute atomic E-state index is 0.151. The molecule has 1 aromatic heterocycles. The standard InChI is InChI=1S/C18H19BrN6O3/c19-12-1-3-13(4-2-12)22-16-14(15(21)26)11-25(23-16)18(5-8-20)6-9-24(10-7-18)17(27)28/h1-4,11H,5-7,9-10H2,(H2,21,26)(H,22,23)(H,27,28). The van der Waals surface area contributed by atoms with Gasteiger partial charge in [0, 0.05) is 29.4 Å². The maximum absolute atomic E-state index is 11.9. The zero-order chi connectivity index (χ0) is 20.3. The molecule has 4 N–H and O–H groups in total. The van der Waals surface area contributed by atoms with Gasteiger partial charge in [-0.1, -0.05) is 15.9 Å². The predicted molar refractivity (Wildman–Crippen MR) is 105 cm³/mol. The Kier molecular flexibility index (Phi) is 5.56. The van der Waals surface area contributed by atoms with Crippen LogP contribution in [0.3, 0.4) is 0 Å². The van der Waals surface area contributed by atoms with Gasteiger partial charge in [-0.3, -0.25) is 9.48 Å². The Morgan fingerprint density at radius 1 is 1.32 bits per heavy atom. The molecule has 0 aliphatic carbocycles. The number of amides is 2. The number of rotatable bonds is 5. The number of primary amides is 1. The Hall–Kier alpha value is -3.06. The normalized spacial score (nSPS) is 15.6. The number of benzene rings is 1. The van der Waals surface area contributed by atoms with Crippen LogP contribution in [0.1, 0.15) is 29.6 Å². The Bertz CT molecular complexity index is 926. The molecule has 1 aromatic carbocycles. The highest BCUT2D eigenvalue weighted by Crippen LogP contribution is 2.35. The van der Waals surface area contributed by atoms with Gasteiger partial charge in [0.1, 0.15) is 5.56 Å². The second-order valence-corrected chi connectivity index (χ2v) is 7.58. The van der Waals surface area contributed by atoms with Crippen molar-refractivity contribution in [2.75, 3.05) is 18.4 Å². The maximum Gasteiger partial charge on any atom is 0.407 e. The molecule has 1 aliphatic heterocycles. The Morgan fingerprint density at radius 2 is 1.96 bits per heavy atom. The molecule has 10 heteroatoms. The quantitative estimate of drug-likeness (QED) is 0.645. The van der Waals surface area contributed by atoms with Crippen LogP contribution in [-0.2, 0) is 5.54 Å². The molecule has 1 aliphatic rings. The summed E-state index contributed by atoms with van der Waals surface area (Å²) in [5, 5.41) is 26.1. The smallest absolute Gasteiger partial charge is 0.407 e. The molecule has 0 saturated carbocycles. The third kappa shape index (κ3) is 3.94. The first-order valence-electron chi connectivity index (χ1n) is 8.62. The first-order chi connectivity index (χ1) is 13.3. The molecule has 2 aromatic rings. The zero-order valence-electron chi connectivity index (χ0n) is 14.9. The fourth-order valence-electron chi connectivity index (χ4n) is 3.31. The molecule has 0 atom stereocenters. The summed E-state index contributed by atoms with van der Waals surface area (Å²) in [7, 11) is 0. The Labute approximate surface area is 169 Å². The lowest BCUT2D eigenvalue weighted by Crippen LogP contribution is -2.47. The summed E-state index contributed by atoms with van der Waals surface area (Å²) in [6.07, 6.45) is 1.55. The average molecular weight is 447 g/mol. The number of hydrogen-bond donors (Lipinski definition) is 3. The lowest BCUT2D eigenvalue weighted by atomic mass is 9.85. The fourth-order valence-corrected chi connectivity index (χ4v) is 3.57. The predicted octanol–water partition coefficient (Wildman–Crippen LogP) is 2.87. The van der Waals surface area contributed by atoms with Crippen molar-refractivity contribution >= 4 is 39.4 Å². The topological polar surface area (TPSA) is 137 Å². The largest absolute Gasteiger partial charge is 0.465 e. The highest BCUT2D eigenvalue weighted by Gasteiger charge is 2.39. The molecule has 0 unspecified atom stereocenters. The minimum Gasteiger partial charge on any atom is -0.465 e. The summed E-state index contributed by atoms with van der Waals surface area (Å²) in [4.78, 5) is 24.4. The molecule has 3 rings (SSSR count). The van der Waals surface area contributed by atoms with Crippen LogP contribution >= 0.6 is 15.9 Å². The number of hydrogen-bond acceptors (Lipinski definition) is 5. The van der Waals surface area contributed by atoms with E-state index in [9.17, 15) is 20.0 Å². The molecule has 28 heavy (non-hydrogen) atoms. The molecule has 2 heterocycles. The van der Waals surface area contributed by atoms with Crippen molar-refractivity contribution in [2.45, 2.75) is 24.8 Å². The highest BCUT2D eigenvalue weighted by atomic mass is 79.9. The van der Waals surface area contributed by atoms with Gasteiger partial charge in [0.25, 0.3) is 5.91 Å². The van der Waals surface area contributed by atoms with Gasteiger partial charge in [-0.05, 0) is 37.1 Å². The van der Waals surface area contributed by atoms with Gasteiger partial charge in [-0.25, -0.2) is 4.79 Å². The van der Waals surface area contributed by atoms with E-state index in [0.29, 0.717) is 18.7 Å². The van der Waals surface area contributed by atoms with Crippen molar-refractivity contribution < 1.29 is 14.7 Å². The lowest BCUT2D eigenvalue weighted by molar-refractivity contribution is 0.0888. The summed E-state index contributed by atoms with van der Waals surface area (Å²) >= 11 is 3.37. The van der Waals surface area contributed by atoms with Crippen LogP contribution in [0, 0.1) is 11.3 Å². The van der Waals surface area contributed by atoms with Gasteiger partial charge in [-0.2, -0.15) is 10.4 Å². The number of halogens is 1. The summed E-state index contributed by atoms with van der Waals surface area (Å²) in [6, 6.07) is 9.51. The van der Waals surface area contributed by atoms with E-state index >= 15 is 0 Å². The van der Waals surface area contributed by atoms with Crippen LogP contribution in [0.4, 0.5) is 16.3 Å². The lowest BCUT2D eigenvalue weighted by Gasteiger charge is -2.39. The Balaban J connectivity index is 1.94. The number of carbonyl (C=O) groups excluding carboxylic acids is 1. The number of aromatic nitrogens is 2. The number of nitrogens with one attached hydrogen (secondary N) is 1. The fraction of sp³-hybridized carbons (Fsp3) is 0.333. The summed E-state index contributed by atoms with van der Waals surface area (Å²) in [5.74, 6) is -0.339. The van der Waals surface area contributed by atoms with E-state index in [0.717, 1.165) is 10.2 Å². The van der Waals surface area contributed by atoms with Gasteiger partial charge >= 0.3 is 6.09 Å². The first kappa shape index (κ1) is 19.7. The number of nitrogens with zero attached hydrogens (tertiary/aromatic N) is 4. The van der Waals surface area contributed by atoms with Gasteiger partial charge in [-0.15, -0.1) is 0 Å². The first-order valence-corrected chi connectivity index (χ1v) is 9.41. The monoisotopic (exact) mass is 446 g/mol. The number of anilines is 2. The molecule has 0 spiro atoms. The molecule has 0 radical (unpaired) electrons. The third-order valence-electron chi connectivity index (χ3n) is 4.95. The highest BCUT2D eigenvalue weighted by molar-refractivity contribution is 9.10. The van der Waals surface area contributed by atoms with Crippen molar-refractivity contribution in [2.24, 2.45) is 5.73 Å². The second kappa shape index (κ2) is 7.90. The SMILES string of the molecule is N#CCC1(n2cc(C(N)=O)c(Nc3ccc(Br)cc3)n2)CCN(C(=O)O)CC1. The number of nitriles is 1. The average Bonchev–Trinajstić information content (AvgIpc) is 3.09. The van der Waals surface area contributed by atoms with E-state index in [1.54, 1.807) is 4.68 Å². The van der Waals surface area contributed by atoms with Crippen molar-refractivity contribution in [3.8, 4) is 6.07 Å². The van der Waals surface area contributed by atoms with E-state index in [4.69, 9.17) is 5.73 Å². The van der Waals surface area contributed by atoms with Crippen LogP contribution in [0.25, 0.3) is 0 Å². The van der Waals surface area contributed by atoms with Crippen LogP contribution in [0.5, 0.6) is 0 Å². The summed E-state index contributed by atoms with van der Waals surface area (Å²) in [5.41, 5.74) is 5.77. The van der Waals surface area contributed by atoms with E-state index in [-0.39, 0.29) is 25.1 Å². The number of piperidine rings is 1. The number of likely N-dealkylation sites (tertiary alicyclic amines) is 1. The number of nitrogens with two attached hydrogens (primary N) is 1. The zero-order valence-corrected chi connectivity index (χ0v) is 16.5. The van der Waals surface area contributed by atoms with E-state index < -0.39 is 17.5 Å². The molecule has 9 nitrogen and oxygen atoms in total. The third-order valence-corrected chi connectivity index (χ3v) is 5.47. The van der Waals surface area contributed by atoms with Crippen molar-refractivity contribution in [1.82, 2.24) is 14.7 Å². The number of carboxylic acid groups (broad SMARTS) is 1.